The number of aryl methyl sites for hydroxylation is 1. The van der Waals surface area contributed by atoms with Gasteiger partial charge in [0.1, 0.15) is 0 Å². The van der Waals surface area contributed by atoms with Crippen LogP contribution in [0.15, 0.2) is 54.9 Å². The van der Waals surface area contributed by atoms with E-state index < -0.39 is 0 Å². The van der Waals surface area contributed by atoms with E-state index in [0.29, 0.717) is 18.5 Å². The summed E-state index contributed by atoms with van der Waals surface area (Å²) in [6.07, 6.45) is 10.6. The molecule has 0 atom stereocenters. The topological polar surface area (TPSA) is 39.7 Å². The highest BCUT2D eigenvalue weighted by Crippen LogP contribution is 2.25. The molecule has 32 heavy (non-hydrogen) atoms. The highest BCUT2D eigenvalue weighted by atomic mass is 16.2. The van der Waals surface area contributed by atoms with Crippen LogP contribution in [0.5, 0.6) is 0 Å². The predicted octanol–water partition coefficient (Wildman–Crippen LogP) is 3.85. The van der Waals surface area contributed by atoms with Crippen LogP contribution in [-0.2, 0) is 17.8 Å². The first-order valence-electron chi connectivity index (χ1n) is 12.3. The summed E-state index contributed by atoms with van der Waals surface area (Å²) in [5, 5.41) is 0. The Bertz CT molecular complexity index is 812. The van der Waals surface area contributed by atoms with E-state index in [-0.39, 0.29) is 5.92 Å². The van der Waals surface area contributed by atoms with E-state index >= 15 is 0 Å². The minimum absolute atomic E-state index is 0.172. The minimum atomic E-state index is 0.172. The fraction of sp³-hybridized carbons (Fsp3) is 0.556. The van der Waals surface area contributed by atoms with Crippen LogP contribution in [0.1, 0.15) is 43.2 Å². The molecule has 2 aliphatic heterocycles. The van der Waals surface area contributed by atoms with Crippen molar-refractivity contribution in [3.8, 4) is 0 Å². The Balaban J connectivity index is 1.14. The van der Waals surface area contributed by atoms with Gasteiger partial charge in [-0.1, -0.05) is 36.4 Å². The van der Waals surface area contributed by atoms with Crippen LogP contribution in [0.4, 0.5) is 0 Å². The van der Waals surface area contributed by atoms with Crippen molar-refractivity contribution in [2.75, 3.05) is 39.8 Å². The summed E-state index contributed by atoms with van der Waals surface area (Å²) in [7, 11) is 1.93. The molecule has 3 heterocycles. The number of hydrogen-bond donors (Lipinski definition) is 0. The zero-order valence-corrected chi connectivity index (χ0v) is 19.5. The van der Waals surface area contributed by atoms with E-state index in [1.54, 1.807) is 6.20 Å². The summed E-state index contributed by atoms with van der Waals surface area (Å²) in [5.41, 5.74) is 2.54. The van der Waals surface area contributed by atoms with E-state index in [4.69, 9.17) is 0 Å². The van der Waals surface area contributed by atoms with Crippen LogP contribution in [0.25, 0.3) is 0 Å². The van der Waals surface area contributed by atoms with E-state index in [0.717, 1.165) is 31.5 Å². The lowest BCUT2D eigenvalue weighted by molar-refractivity contribution is -0.136. The number of piperidine rings is 2. The van der Waals surface area contributed by atoms with Gasteiger partial charge in [-0.15, -0.1) is 0 Å². The molecule has 2 fully saturated rings. The number of carbonyl (C=O) groups excluding carboxylic acids is 1. The minimum Gasteiger partial charge on any atom is -0.341 e. The maximum absolute atomic E-state index is 12.9. The van der Waals surface area contributed by atoms with Crippen LogP contribution in [-0.4, -0.2) is 71.4 Å². The van der Waals surface area contributed by atoms with Gasteiger partial charge in [0.15, 0.2) is 0 Å². The Labute approximate surface area is 193 Å². The number of nitrogens with zero attached hydrogens (tertiary/aromatic N) is 4. The number of pyridine rings is 1. The highest BCUT2D eigenvalue weighted by molar-refractivity contribution is 5.78. The van der Waals surface area contributed by atoms with Crippen molar-refractivity contribution in [1.29, 1.82) is 0 Å². The van der Waals surface area contributed by atoms with E-state index in [2.05, 4.69) is 45.1 Å². The largest absolute Gasteiger partial charge is 0.341 e. The number of carbonyl (C=O) groups is 1. The van der Waals surface area contributed by atoms with Crippen molar-refractivity contribution in [2.24, 2.45) is 5.92 Å². The second kappa shape index (κ2) is 11.6. The highest BCUT2D eigenvalue weighted by Gasteiger charge is 2.31. The monoisotopic (exact) mass is 434 g/mol. The van der Waals surface area contributed by atoms with Crippen molar-refractivity contribution >= 4 is 5.91 Å². The third-order valence-electron chi connectivity index (χ3n) is 7.25. The first-order valence-corrected chi connectivity index (χ1v) is 12.3. The molecule has 0 saturated carbocycles. The van der Waals surface area contributed by atoms with Crippen LogP contribution < -0.4 is 0 Å². The van der Waals surface area contributed by atoms with Crippen LogP contribution >= 0.6 is 0 Å². The first kappa shape index (κ1) is 22.9. The lowest BCUT2D eigenvalue weighted by Gasteiger charge is -2.42. The first-order chi connectivity index (χ1) is 15.7. The molecule has 0 radical (unpaired) electrons. The molecule has 5 heteroatoms. The molecular formula is C27H38N4O. The van der Waals surface area contributed by atoms with Gasteiger partial charge in [0.05, 0.1) is 0 Å². The Morgan fingerprint density at radius 3 is 2.38 bits per heavy atom. The SMILES string of the molecule is CN(Cc1cccnc1)C(=O)C1CCN(C2CCN(CCCc3ccccc3)CC2)CC1. The molecule has 0 spiro atoms. The molecule has 1 amide bonds. The van der Waals surface area contributed by atoms with Gasteiger partial charge in [-0.3, -0.25) is 9.78 Å². The van der Waals surface area contributed by atoms with Gasteiger partial charge >= 0.3 is 0 Å². The molecule has 0 unspecified atom stereocenters. The second-order valence-electron chi connectivity index (χ2n) is 9.53. The average molecular weight is 435 g/mol. The van der Waals surface area contributed by atoms with E-state index in [9.17, 15) is 4.79 Å². The molecule has 0 bridgehead atoms. The van der Waals surface area contributed by atoms with Gasteiger partial charge in [-0.2, -0.15) is 0 Å². The fourth-order valence-corrected chi connectivity index (χ4v) is 5.33. The van der Waals surface area contributed by atoms with Crippen molar-refractivity contribution in [3.05, 3.63) is 66.0 Å². The zero-order chi connectivity index (χ0) is 22.2. The fourth-order valence-electron chi connectivity index (χ4n) is 5.33. The summed E-state index contributed by atoms with van der Waals surface area (Å²) in [6, 6.07) is 15.5. The molecule has 5 nitrogen and oxygen atoms in total. The standard InChI is InChI=1S/C27H38N4O/c1-29(22-24-9-5-15-28-21-24)27(32)25-11-19-31(20-12-25)26-13-17-30(18-14-26)16-6-10-23-7-3-2-4-8-23/h2-5,7-9,15,21,25-26H,6,10-14,16-20,22H2,1H3. The summed E-state index contributed by atoms with van der Waals surface area (Å²) in [6.45, 7) is 6.42. The Hall–Kier alpha value is -2.24. The van der Waals surface area contributed by atoms with Gasteiger partial charge in [0, 0.05) is 37.9 Å². The number of amides is 1. The molecule has 1 aromatic heterocycles. The van der Waals surface area contributed by atoms with E-state index in [1.807, 2.05) is 30.3 Å². The van der Waals surface area contributed by atoms with Crippen molar-refractivity contribution in [3.63, 3.8) is 0 Å². The lowest BCUT2D eigenvalue weighted by Crippen LogP contribution is -2.49. The Morgan fingerprint density at radius 1 is 0.969 bits per heavy atom. The number of hydrogen-bond acceptors (Lipinski definition) is 4. The van der Waals surface area contributed by atoms with E-state index in [1.165, 1.54) is 50.9 Å². The lowest BCUT2D eigenvalue weighted by atomic mass is 9.92. The molecule has 4 rings (SSSR count). The number of benzene rings is 1. The maximum atomic E-state index is 12.9. The van der Waals surface area contributed by atoms with Gasteiger partial charge < -0.3 is 14.7 Å². The molecule has 0 N–H and O–H groups in total. The van der Waals surface area contributed by atoms with Crippen LogP contribution in [0, 0.1) is 5.92 Å². The molecule has 0 aliphatic carbocycles. The molecule has 1 aromatic carbocycles. The molecule has 172 valence electrons. The van der Waals surface area contributed by atoms with Gasteiger partial charge in [-0.05, 0) is 88.4 Å². The summed E-state index contributed by atoms with van der Waals surface area (Å²) in [5.74, 6) is 0.465. The van der Waals surface area contributed by atoms with Gasteiger partial charge in [0.2, 0.25) is 5.91 Å². The predicted molar refractivity (Wildman–Crippen MR) is 129 cm³/mol. The maximum Gasteiger partial charge on any atom is 0.225 e. The normalized spacial score (nSPS) is 19.2. The smallest absolute Gasteiger partial charge is 0.225 e. The Morgan fingerprint density at radius 2 is 1.69 bits per heavy atom. The van der Waals surface area contributed by atoms with Gasteiger partial charge in [0.25, 0.3) is 0 Å². The number of likely N-dealkylation sites (tertiary alicyclic amines) is 2. The summed E-state index contributed by atoms with van der Waals surface area (Å²) >= 11 is 0. The second-order valence-corrected chi connectivity index (χ2v) is 9.53. The molecule has 2 saturated heterocycles. The van der Waals surface area contributed by atoms with Crippen LogP contribution in [0.2, 0.25) is 0 Å². The third-order valence-corrected chi connectivity index (χ3v) is 7.25. The zero-order valence-electron chi connectivity index (χ0n) is 19.5. The molecule has 2 aliphatic rings. The molecule has 2 aromatic rings. The van der Waals surface area contributed by atoms with Crippen molar-refractivity contribution in [1.82, 2.24) is 19.7 Å². The van der Waals surface area contributed by atoms with Crippen LogP contribution in [0.3, 0.4) is 0 Å². The number of rotatable bonds is 8. The average Bonchev–Trinajstić information content (AvgIpc) is 2.85. The Kier molecular flexibility index (Phi) is 8.30. The van der Waals surface area contributed by atoms with Crippen molar-refractivity contribution < 1.29 is 4.79 Å². The number of aromatic nitrogens is 1. The molecular weight excluding hydrogens is 396 g/mol. The summed E-state index contributed by atoms with van der Waals surface area (Å²) < 4.78 is 0. The quantitative estimate of drug-likeness (QED) is 0.633. The third kappa shape index (κ3) is 6.39. The van der Waals surface area contributed by atoms with Crippen molar-refractivity contribution in [2.45, 2.75) is 51.1 Å². The van der Waals surface area contributed by atoms with Gasteiger partial charge in [-0.25, -0.2) is 0 Å². The summed E-state index contributed by atoms with van der Waals surface area (Å²) in [4.78, 5) is 24.3.